The number of hydrogen-bond acceptors (Lipinski definition) is 7. The fraction of sp³-hybridized carbons (Fsp3) is 0.111. The van der Waals surface area contributed by atoms with Gasteiger partial charge in [-0.25, -0.2) is 4.79 Å². The Labute approximate surface area is 146 Å². The standard InChI is InChI=1S/C18H15NO7/c1-2-25-18(24)19-11-7-9(20)3-4-10(11)15-8-14(23)16-12(21)5-6-13(22)17(16)26-15/h3-8,20-22H,2H2,1H3,(H,19,24). The summed E-state index contributed by atoms with van der Waals surface area (Å²) < 4.78 is 10.4. The van der Waals surface area contributed by atoms with E-state index in [4.69, 9.17) is 9.15 Å². The molecule has 8 nitrogen and oxygen atoms in total. The first-order chi connectivity index (χ1) is 12.4. The van der Waals surface area contributed by atoms with Crippen LogP contribution >= 0.6 is 0 Å². The fourth-order valence-electron chi connectivity index (χ4n) is 2.49. The molecule has 0 fully saturated rings. The summed E-state index contributed by atoms with van der Waals surface area (Å²) >= 11 is 0. The number of carbonyl (C=O) groups excluding carboxylic acids is 1. The molecule has 1 aromatic heterocycles. The van der Waals surface area contributed by atoms with E-state index in [0.717, 1.165) is 6.07 Å². The highest BCUT2D eigenvalue weighted by Gasteiger charge is 2.17. The van der Waals surface area contributed by atoms with E-state index >= 15 is 0 Å². The first-order valence-electron chi connectivity index (χ1n) is 7.66. The van der Waals surface area contributed by atoms with Gasteiger partial charge in [-0.3, -0.25) is 10.1 Å². The zero-order valence-electron chi connectivity index (χ0n) is 13.6. The minimum absolute atomic E-state index is 0.0233. The van der Waals surface area contributed by atoms with Crippen LogP contribution in [0.15, 0.2) is 45.6 Å². The summed E-state index contributed by atoms with van der Waals surface area (Å²) in [6, 6.07) is 7.53. The maximum atomic E-state index is 12.4. The molecule has 1 amide bonds. The molecule has 0 atom stereocenters. The molecule has 2 aromatic carbocycles. The Morgan fingerprint density at radius 3 is 2.58 bits per heavy atom. The van der Waals surface area contributed by atoms with Gasteiger partial charge in [0.15, 0.2) is 16.8 Å². The van der Waals surface area contributed by atoms with Crippen LogP contribution in [-0.2, 0) is 4.74 Å². The highest BCUT2D eigenvalue weighted by atomic mass is 16.5. The predicted octanol–water partition coefficient (Wildman–Crippen LogP) is 3.15. The number of aromatic hydroxyl groups is 3. The number of benzene rings is 2. The van der Waals surface area contributed by atoms with Crippen LogP contribution in [0.4, 0.5) is 10.5 Å². The molecule has 3 aromatic rings. The van der Waals surface area contributed by atoms with Crippen molar-refractivity contribution < 1.29 is 29.3 Å². The van der Waals surface area contributed by atoms with Crippen LogP contribution in [0.5, 0.6) is 17.2 Å². The van der Waals surface area contributed by atoms with Gasteiger partial charge in [0.2, 0.25) is 0 Å². The maximum Gasteiger partial charge on any atom is 0.411 e. The van der Waals surface area contributed by atoms with Gasteiger partial charge in [0.1, 0.15) is 22.6 Å². The zero-order valence-corrected chi connectivity index (χ0v) is 13.6. The quantitative estimate of drug-likeness (QED) is 0.530. The number of amides is 1. The van der Waals surface area contributed by atoms with Crippen LogP contribution in [0, 0.1) is 0 Å². The number of phenols is 3. The summed E-state index contributed by atoms with van der Waals surface area (Å²) in [5.74, 6) is -0.747. The summed E-state index contributed by atoms with van der Waals surface area (Å²) in [7, 11) is 0. The third-order valence-corrected chi connectivity index (χ3v) is 3.62. The van der Waals surface area contributed by atoms with Crippen molar-refractivity contribution in [1.82, 2.24) is 0 Å². The Morgan fingerprint density at radius 1 is 1.12 bits per heavy atom. The Kier molecular flexibility index (Phi) is 4.40. The van der Waals surface area contributed by atoms with E-state index in [0.29, 0.717) is 0 Å². The Bertz CT molecular complexity index is 1060. The highest BCUT2D eigenvalue weighted by molar-refractivity contribution is 5.93. The van der Waals surface area contributed by atoms with Crippen molar-refractivity contribution in [1.29, 1.82) is 0 Å². The SMILES string of the molecule is CCOC(=O)Nc1cc(O)ccc1-c1cc(=O)c2c(O)ccc(O)c2o1. The molecule has 0 aliphatic heterocycles. The normalized spacial score (nSPS) is 10.7. The van der Waals surface area contributed by atoms with Gasteiger partial charge < -0.3 is 24.5 Å². The molecular weight excluding hydrogens is 342 g/mol. The number of ether oxygens (including phenoxy) is 1. The van der Waals surface area contributed by atoms with Crippen LogP contribution in [0.2, 0.25) is 0 Å². The fourth-order valence-corrected chi connectivity index (χ4v) is 2.49. The Hall–Kier alpha value is -3.68. The van der Waals surface area contributed by atoms with Crippen molar-refractivity contribution in [2.24, 2.45) is 0 Å². The van der Waals surface area contributed by atoms with Crippen molar-refractivity contribution >= 4 is 22.7 Å². The molecule has 3 rings (SSSR count). The average molecular weight is 357 g/mol. The lowest BCUT2D eigenvalue weighted by molar-refractivity contribution is 0.168. The second-order valence-electron chi connectivity index (χ2n) is 5.36. The molecule has 0 aliphatic carbocycles. The Morgan fingerprint density at radius 2 is 1.85 bits per heavy atom. The molecule has 26 heavy (non-hydrogen) atoms. The van der Waals surface area contributed by atoms with Crippen LogP contribution in [0.25, 0.3) is 22.3 Å². The van der Waals surface area contributed by atoms with E-state index in [1.54, 1.807) is 6.92 Å². The van der Waals surface area contributed by atoms with Crippen molar-refractivity contribution in [3.63, 3.8) is 0 Å². The number of hydrogen-bond donors (Lipinski definition) is 4. The van der Waals surface area contributed by atoms with Gasteiger partial charge in [0, 0.05) is 17.7 Å². The number of rotatable bonds is 3. The first kappa shape index (κ1) is 17.2. The zero-order chi connectivity index (χ0) is 18.8. The average Bonchev–Trinajstić information content (AvgIpc) is 2.58. The second kappa shape index (κ2) is 6.67. The second-order valence-corrected chi connectivity index (χ2v) is 5.36. The van der Waals surface area contributed by atoms with Crippen molar-refractivity contribution in [3.05, 3.63) is 46.6 Å². The number of anilines is 1. The van der Waals surface area contributed by atoms with Crippen LogP contribution in [0.1, 0.15) is 6.92 Å². The van der Waals surface area contributed by atoms with Crippen LogP contribution in [0.3, 0.4) is 0 Å². The van der Waals surface area contributed by atoms with Crippen molar-refractivity contribution in [2.75, 3.05) is 11.9 Å². The monoisotopic (exact) mass is 357 g/mol. The Balaban J connectivity index is 2.19. The lowest BCUT2D eigenvalue weighted by atomic mass is 10.1. The first-order valence-corrected chi connectivity index (χ1v) is 7.66. The van der Waals surface area contributed by atoms with E-state index in [1.165, 1.54) is 30.3 Å². The predicted molar refractivity (Wildman–Crippen MR) is 93.6 cm³/mol. The van der Waals surface area contributed by atoms with Gasteiger partial charge in [0.25, 0.3) is 0 Å². The summed E-state index contributed by atoms with van der Waals surface area (Å²) in [5.41, 5.74) is -0.351. The van der Waals surface area contributed by atoms with E-state index in [2.05, 4.69) is 5.32 Å². The summed E-state index contributed by atoms with van der Waals surface area (Å²) in [5, 5.41) is 31.7. The summed E-state index contributed by atoms with van der Waals surface area (Å²) in [6.07, 6.45) is -0.747. The van der Waals surface area contributed by atoms with Gasteiger partial charge in [-0.15, -0.1) is 0 Å². The molecule has 0 unspecified atom stereocenters. The number of nitrogens with one attached hydrogen (secondary N) is 1. The summed E-state index contributed by atoms with van der Waals surface area (Å²) in [6.45, 7) is 1.79. The van der Waals surface area contributed by atoms with E-state index in [9.17, 15) is 24.9 Å². The third kappa shape index (κ3) is 3.12. The number of fused-ring (bicyclic) bond motifs is 1. The van der Waals surface area contributed by atoms with Gasteiger partial charge in [0.05, 0.1) is 12.3 Å². The molecule has 0 bridgehead atoms. The minimum Gasteiger partial charge on any atom is -0.508 e. The molecule has 1 heterocycles. The molecular formula is C18H15NO7. The molecule has 4 N–H and O–H groups in total. The van der Waals surface area contributed by atoms with Gasteiger partial charge in [-0.05, 0) is 31.2 Å². The highest BCUT2D eigenvalue weighted by Crippen LogP contribution is 2.36. The van der Waals surface area contributed by atoms with E-state index < -0.39 is 11.5 Å². The van der Waals surface area contributed by atoms with Gasteiger partial charge >= 0.3 is 6.09 Å². The molecule has 0 aliphatic rings. The lowest BCUT2D eigenvalue weighted by Crippen LogP contribution is -2.14. The minimum atomic E-state index is -0.747. The van der Waals surface area contributed by atoms with Crippen molar-refractivity contribution in [2.45, 2.75) is 6.92 Å². The van der Waals surface area contributed by atoms with Crippen molar-refractivity contribution in [3.8, 4) is 28.6 Å². The van der Waals surface area contributed by atoms with Crippen LogP contribution < -0.4 is 10.7 Å². The van der Waals surface area contributed by atoms with Gasteiger partial charge in [-0.2, -0.15) is 0 Å². The third-order valence-electron chi connectivity index (χ3n) is 3.62. The van der Waals surface area contributed by atoms with Gasteiger partial charge in [-0.1, -0.05) is 0 Å². The molecule has 0 saturated heterocycles. The van der Waals surface area contributed by atoms with Crippen LogP contribution in [-0.4, -0.2) is 28.0 Å². The largest absolute Gasteiger partial charge is 0.508 e. The maximum absolute atomic E-state index is 12.4. The molecule has 8 heteroatoms. The molecule has 0 spiro atoms. The molecule has 134 valence electrons. The van der Waals surface area contributed by atoms with E-state index in [1.807, 2.05) is 0 Å². The topological polar surface area (TPSA) is 129 Å². The summed E-state index contributed by atoms with van der Waals surface area (Å²) in [4.78, 5) is 24.1. The number of carbonyl (C=O) groups is 1. The van der Waals surface area contributed by atoms with E-state index in [-0.39, 0.29) is 51.8 Å². The molecule has 0 radical (unpaired) electrons. The smallest absolute Gasteiger partial charge is 0.411 e. The number of phenolic OH excluding ortho intramolecular Hbond substituents is 3. The molecule has 0 saturated carbocycles. The lowest BCUT2D eigenvalue weighted by Gasteiger charge is -2.12.